The molecule has 1 aromatic rings. The van der Waals surface area contributed by atoms with Gasteiger partial charge in [0, 0.05) is 18.7 Å². The van der Waals surface area contributed by atoms with E-state index in [1.54, 1.807) is 6.20 Å². The topological polar surface area (TPSA) is 68.0 Å². The number of carbonyl (C=O) groups excluding carboxylic acids is 1. The number of pyridine rings is 1. The van der Waals surface area contributed by atoms with Gasteiger partial charge < -0.3 is 11.1 Å². The van der Waals surface area contributed by atoms with Gasteiger partial charge in [0.1, 0.15) is 0 Å². The molecule has 1 heterocycles. The van der Waals surface area contributed by atoms with Crippen LogP contribution in [0.4, 0.5) is 0 Å². The van der Waals surface area contributed by atoms with Crippen LogP contribution in [0.1, 0.15) is 50.9 Å². The molecule has 122 valence electrons. The van der Waals surface area contributed by atoms with E-state index in [1.807, 2.05) is 26.0 Å². The van der Waals surface area contributed by atoms with Crippen molar-refractivity contribution < 1.29 is 4.79 Å². The number of aryl methyl sites for hydroxylation is 1. The van der Waals surface area contributed by atoms with E-state index < -0.39 is 0 Å². The molecule has 1 amide bonds. The molecule has 0 aliphatic rings. The van der Waals surface area contributed by atoms with Gasteiger partial charge in [0.25, 0.3) is 0 Å². The molecule has 0 aromatic carbocycles. The summed E-state index contributed by atoms with van der Waals surface area (Å²) in [6, 6.07) is 3.95. The molecule has 1 aromatic heterocycles. The minimum Gasteiger partial charge on any atom is -0.347 e. The molecule has 0 bridgehead atoms. The molecule has 0 spiro atoms. The van der Waals surface area contributed by atoms with Crippen molar-refractivity contribution in [1.29, 1.82) is 0 Å². The van der Waals surface area contributed by atoms with Crippen LogP contribution in [0.15, 0.2) is 18.3 Å². The summed E-state index contributed by atoms with van der Waals surface area (Å²) < 4.78 is 0. The van der Waals surface area contributed by atoms with Crippen molar-refractivity contribution in [3.63, 3.8) is 0 Å². The third-order valence-electron chi connectivity index (χ3n) is 3.15. The Hall–Kier alpha value is -0.840. The predicted octanol–water partition coefficient (Wildman–Crippen LogP) is 3.17. The fraction of sp³-hybridized carbons (Fsp3) is 0.600. The molecule has 1 rings (SSSR count). The van der Waals surface area contributed by atoms with Crippen molar-refractivity contribution >= 4 is 30.7 Å². The molecule has 21 heavy (non-hydrogen) atoms. The van der Waals surface area contributed by atoms with Gasteiger partial charge in [0.2, 0.25) is 5.91 Å². The highest BCUT2D eigenvalue weighted by Gasteiger charge is 2.21. The highest BCUT2D eigenvalue weighted by atomic mass is 35.5. The van der Waals surface area contributed by atoms with Crippen molar-refractivity contribution in [3.8, 4) is 0 Å². The van der Waals surface area contributed by atoms with Crippen LogP contribution in [-0.4, -0.2) is 16.9 Å². The van der Waals surface area contributed by atoms with Crippen molar-refractivity contribution in [2.45, 2.75) is 52.6 Å². The summed E-state index contributed by atoms with van der Waals surface area (Å²) in [7, 11) is 0. The lowest BCUT2D eigenvalue weighted by molar-refractivity contribution is -0.122. The number of carbonyl (C=O) groups is 1. The molecule has 0 fully saturated rings. The van der Waals surface area contributed by atoms with Gasteiger partial charge in [-0.2, -0.15) is 0 Å². The zero-order chi connectivity index (χ0) is 14.4. The van der Waals surface area contributed by atoms with Gasteiger partial charge in [-0.05, 0) is 37.8 Å². The molecule has 4 nitrogen and oxygen atoms in total. The largest absolute Gasteiger partial charge is 0.347 e. The second-order valence-electron chi connectivity index (χ2n) is 5.51. The average molecular weight is 336 g/mol. The summed E-state index contributed by atoms with van der Waals surface area (Å²) in [5, 5.41) is 3.07. The van der Waals surface area contributed by atoms with Crippen molar-refractivity contribution in [2.75, 3.05) is 0 Å². The molecule has 3 N–H and O–H groups in total. The lowest BCUT2D eigenvalue weighted by atomic mass is 9.97. The number of rotatable bonds is 6. The minimum absolute atomic E-state index is 0. The van der Waals surface area contributed by atoms with Crippen LogP contribution in [0, 0.1) is 12.8 Å². The number of halogens is 2. The normalized spacial score (nSPS) is 12.9. The van der Waals surface area contributed by atoms with Crippen LogP contribution in [0.25, 0.3) is 0 Å². The molecule has 2 unspecified atom stereocenters. The van der Waals surface area contributed by atoms with E-state index >= 15 is 0 Å². The zero-order valence-electron chi connectivity index (χ0n) is 13.1. The van der Waals surface area contributed by atoms with Gasteiger partial charge in [-0.25, -0.2) is 0 Å². The van der Waals surface area contributed by atoms with E-state index in [0.717, 1.165) is 11.3 Å². The van der Waals surface area contributed by atoms with Crippen LogP contribution in [-0.2, 0) is 4.79 Å². The average Bonchev–Trinajstić information content (AvgIpc) is 2.34. The maximum atomic E-state index is 12.0. The van der Waals surface area contributed by atoms with E-state index in [2.05, 4.69) is 24.1 Å². The smallest absolute Gasteiger partial charge is 0.220 e. The monoisotopic (exact) mass is 335 g/mol. The Morgan fingerprint density at radius 1 is 1.33 bits per heavy atom. The third kappa shape index (κ3) is 7.65. The highest BCUT2D eigenvalue weighted by Crippen LogP contribution is 2.22. The lowest BCUT2D eigenvalue weighted by Gasteiger charge is -2.23. The van der Waals surface area contributed by atoms with E-state index in [4.69, 9.17) is 5.73 Å². The summed E-state index contributed by atoms with van der Waals surface area (Å²) in [5.74, 6) is 0.342. The van der Waals surface area contributed by atoms with Crippen LogP contribution in [0.2, 0.25) is 0 Å². The summed E-state index contributed by atoms with van der Waals surface area (Å²) in [5.41, 5.74) is 7.73. The second kappa shape index (κ2) is 10.8. The maximum Gasteiger partial charge on any atom is 0.220 e. The molecular formula is C15H27Cl2N3O. The fourth-order valence-electron chi connectivity index (χ4n) is 1.98. The number of hydrogen-bond donors (Lipinski definition) is 2. The Kier molecular flexibility index (Phi) is 11.6. The first kappa shape index (κ1) is 22.4. The molecule has 0 aliphatic heterocycles. The molecule has 6 heteroatoms. The SMILES string of the molecule is Cc1cccnc1C(NC(=O)CCC(C)N)C(C)C.Cl.Cl. The van der Waals surface area contributed by atoms with Gasteiger partial charge >= 0.3 is 0 Å². The van der Waals surface area contributed by atoms with E-state index in [-0.39, 0.29) is 42.8 Å². The highest BCUT2D eigenvalue weighted by molar-refractivity contribution is 5.85. The fourth-order valence-corrected chi connectivity index (χ4v) is 1.98. The van der Waals surface area contributed by atoms with Gasteiger partial charge in [0.05, 0.1) is 11.7 Å². The summed E-state index contributed by atoms with van der Waals surface area (Å²) >= 11 is 0. The van der Waals surface area contributed by atoms with E-state index in [0.29, 0.717) is 18.8 Å². The van der Waals surface area contributed by atoms with Crippen molar-refractivity contribution in [3.05, 3.63) is 29.6 Å². The second-order valence-corrected chi connectivity index (χ2v) is 5.51. The minimum atomic E-state index is -0.0400. The molecule has 2 atom stereocenters. The molecule has 0 saturated heterocycles. The quantitative estimate of drug-likeness (QED) is 0.838. The zero-order valence-corrected chi connectivity index (χ0v) is 14.8. The van der Waals surface area contributed by atoms with Crippen LogP contribution >= 0.6 is 24.8 Å². The van der Waals surface area contributed by atoms with E-state index in [1.165, 1.54) is 0 Å². The number of nitrogens with two attached hydrogens (primary N) is 1. The van der Waals surface area contributed by atoms with Gasteiger partial charge in [-0.3, -0.25) is 9.78 Å². The van der Waals surface area contributed by atoms with Gasteiger partial charge in [0.15, 0.2) is 0 Å². The molecule has 0 saturated carbocycles. The number of nitrogens with zero attached hydrogens (tertiary/aromatic N) is 1. The Labute approximate surface area is 140 Å². The molecular weight excluding hydrogens is 309 g/mol. The number of hydrogen-bond acceptors (Lipinski definition) is 3. The number of nitrogens with one attached hydrogen (secondary N) is 1. The number of amides is 1. The summed E-state index contributed by atoms with van der Waals surface area (Å²) in [4.78, 5) is 16.4. The summed E-state index contributed by atoms with van der Waals surface area (Å²) in [6.07, 6.45) is 2.94. The number of aromatic nitrogens is 1. The Balaban J connectivity index is 0. The first-order valence-corrected chi connectivity index (χ1v) is 6.88. The molecule has 0 radical (unpaired) electrons. The van der Waals surface area contributed by atoms with Gasteiger partial charge in [-0.1, -0.05) is 19.9 Å². The van der Waals surface area contributed by atoms with E-state index in [9.17, 15) is 4.79 Å². The van der Waals surface area contributed by atoms with Crippen LogP contribution in [0.5, 0.6) is 0 Å². The first-order chi connectivity index (χ1) is 8.91. The van der Waals surface area contributed by atoms with Crippen molar-refractivity contribution in [1.82, 2.24) is 10.3 Å². The van der Waals surface area contributed by atoms with Crippen LogP contribution in [0.3, 0.4) is 0 Å². The predicted molar refractivity (Wildman–Crippen MR) is 92.1 cm³/mol. The lowest BCUT2D eigenvalue weighted by Crippen LogP contribution is -2.33. The standard InChI is InChI=1S/C15H25N3O.2ClH/c1-10(2)14(15-11(3)6-5-9-17-15)18-13(19)8-7-12(4)16;;/h5-6,9-10,12,14H,7-8,16H2,1-4H3,(H,18,19);2*1H. The van der Waals surface area contributed by atoms with Crippen molar-refractivity contribution in [2.24, 2.45) is 11.7 Å². The third-order valence-corrected chi connectivity index (χ3v) is 3.15. The maximum absolute atomic E-state index is 12.0. The Morgan fingerprint density at radius 2 is 1.95 bits per heavy atom. The van der Waals surface area contributed by atoms with Gasteiger partial charge in [-0.15, -0.1) is 24.8 Å². The Morgan fingerprint density at radius 3 is 2.43 bits per heavy atom. The summed E-state index contributed by atoms with van der Waals surface area (Å²) in [6.45, 7) is 8.11. The Bertz CT molecular complexity index is 425. The van der Waals surface area contributed by atoms with Crippen LogP contribution < -0.4 is 11.1 Å². The first-order valence-electron chi connectivity index (χ1n) is 6.88. The molecule has 0 aliphatic carbocycles.